The summed E-state index contributed by atoms with van der Waals surface area (Å²) < 4.78 is 11.6. The third kappa shape index (κ3) is 15.7. The molecule has 0 aliphatic carbocycles. The number of aryl methyl sites for hydroxylation is 1. The van der Waals surface area contributed by atoms with E-state index in [0.29, 0.717) is 17.7 Å². The Morgan fingerprint density at radius 3 is 1.84 bits per heavy atom. The van der Waals surface area contributed by atoms with Crippen LogP contribution in [0.2, 0.25) is 0 Å². The van der Waals surface area contributed by atoms with Gasteiger partial charge in [-0.1, -0.05) is 117 Å². The predicted molar refractivity (Wildman–Crippen MR) is 177 cm³/mol. The number of aliphatic hydroxyl groups excluding tert-OH is 3. The van der Waals surface area contributed by atoms with Crippen molar-refractivity contribution < 1.29 is 29.9 Å². The van der Waals surface area contributed by atoms with Crippen molar-refractivity contribution in [1.29, 1.82) is 0 Å². The Labute approximate surface area is 267 Å². The molecule has 0 aromatic heterocycles. The summed E-state index contributed by atoms with van der Waals surface area (Å²) in [4.78, 5) is 0. The molecule has 2 rings (SSSR count). The Bertz CT molecular complexity index is 836. The lowest BCUT2D eigenvalue weighted by molar-refractivity contribution is -0.242. The Balaban J connectivity index is 1.87. The normalized spacial score (nSPS) is 21.3. The average molecular weight is 627 g/mol. The Morgan fingerprint density at radius 2 is 1.23 bits per heavy atom. The largest absolute Gasteiger partial charge is 0.508 e. The van der Waals surface area contributed by atoms with Crippen LogP contribution in [0.5, 0.6) is 11.5 Å². The van der Waals surface area contributed by atoms with Gasteiger partial charge in [-0.3, -0.25) is 0 Å². The third-order valence-electron chi connectivity index (χ3n) is 8.83. The Hall–Kier alpha value is -1.05. The second-order valence-corrected chi connectivity index (χ2v) is 13.4. The molecule has 1 saturated heterocycles. The minimum absolute atomic E-state index is 0.124. The van der Waals surface area contributed by atoms with Gasteiger partial charge < -0.3 is 29.9 Å². The van der Waals surface area contributed by atoms with Gasteiger partial charge in [-0.25, -0.2) is 0 Å². The number of halogens is 1. The smallest absolute Gasteiger partial charge is 0.228 e. The zero-order valence-electron chi connectivity index (χ0n) is 27.3. The predicted octanol–water partition coefficient (Wildman–Crippen LogP) is 8.74. The van der Waals surface area contributed by atoms with Crippen molar-refractivity contribution in [3.8, 4) is 11.5 Å². The minimum atomic E-state index is -1.38. The number of phenols is 1. The van der Waals surface area contributed by atoms with Crippen molar-refractivity contribution in [2.24, 2.45) is 0 Å². The number of unbranched alkanes of at least 4 members (excludes halogenated alkanes) is 15. The lowest BCUT2D eigenvalue weighted by atomic mass is 9.98. The number of benzene rings is 1. The fraction of sp³-hybridized carbons (Fsp3) is 0.833. The molecule has 250 valence electrons. The first kappa shape index (κ1) is 38.1. The molecule has 1 aromatic rings. The molecule has 0 spiro atoms. The summed E-state index contributed by atoms with van der Waals surface area (Å²) >= 11 is 6.54. The van der Waals surface area contributed by atoms with E-state index in [4.69, 9.17) is 21.1 Å². The number of rotatable bonds is 25. The Morgan fingerprint density at radius 1 is 0.721 bits per heavy atom. The van der Waals surface area contributed by atoms with Crippen molar-refractivity contribution >= 4 is 11.6 Å². The maximum atomic E-state index is 11.0. The number of phenolic OH excluding ortho intramolecular Hbond substituents is 1. The Kier molecular flexibility index (Phi) is 20.7. The quantitative estimate of drug-likeness (QED) is 0.0640. The molecule has 6 nitrogen and oxygen atoms in total. The summed E-state index contributed by atoms with van der Waals surface area (Å²) in [5.41, 5.74) is 1.69. The van der Waals surface area contributed by atoms with Gasteiger partial charge in [0.25, 0.3) is 0 Å². The van der Waals surface area contributed by atoms with Gasteiger partial charge in [-0.15, -0.1) is 11.6 Å². The van der Waals surface area contributed by atoms with Gasteiger partial charge in [0.1, 0.15) is 29.8 Å². The van der Waals surface area contributed by atoms with Crippen LogP contribution in [0.25, 0.3) is 0 Å². The van der Waals surface area contributed by atoms with E-state index in [0.717, 1.165) is 56.9 Å². The molecule has 4 N–H and O–H groups in total. The van der Waals surface area contributed by atoms with Gasteiger partial charge in [-0.05, 0) is 56.2 Å². The molecule has 5 unspecified atom stereocenters. The van der Waals surface area contributed by atoms with Gasteiger partial charge in [-0.2, -0.15) is 0 Å². The van der Waals surface area contributed by atoms with Gasteiger partial charge in [0.2, 0.25) is 6.29 Å². The molecule has 7 heteroatoms. The first-order chi connectivity index (χ1) is 20.9. The van der Waals surface area contributed by atoms with Gasteiger partial charge >= 0.3 is 0 Å². The van der Waals surface area contributed by atoms with Crippen molar-refractivity contribution in [1.82, 2.24) is 0 Å². The van der Waals surface area contributed by atoms with Crippen LogP contribution >= 0.6 is 11.6 Å². The lowest BCUT2D eigenvalue weighted by Gasteiger charge is -2.35. The van der Waals surface area contributed by atoms with E-state index in [1.54, 1.807) is 0 Å². The topological polar surface area (TPSA) is 99.4 Å². The van der Waals surface area contributed by atoms with Crippen LogP contribution in [0.1, 0.15) is 153 Å². The van der Waals surface area contributed by atoms with E-state index >= 15 is 0 Å². The van der Waals surface area contributed by atoms with Crippen molar-refractivity contribution in [3.05, 3.63) is 23.3 Å². The molecule has 1 fully saturated rings. The van der Waals surface area contributed by atoms with E-state index in [-0.39, 0.29) is 17.7 Å². The molecule has 1 aliphatic rings. The molecule has 1 heterocycles. The van der Waals surface area contributed by atoms with Crippen molar-refractivity contribution in [2.45, 2.75) is 185 Å². The number of ether oxygens (including phenoxy) is 2. The summed E-state index contributed by atoms with van der Waals surface area (Å²) in [5, 5.41) is 41.7. The maximum Gasteiger partial charge on any atom is 0.228 e. The summed E-state index contributed by atoms with van der Waals surface area (Å²) in [6.45, 7) is 4.35. The highest BCUT2D eigenvalue weighted by Crippen LogP contribution is 2.34. The lowest BCUT2D eigenvalue weighted by Crippen LogP contribution is -2.54. The van der Waals surface area contributed by atoms with Gasteiger partial charge in [0.05, 0.1) is 6.61 Å². The molecule has 0 amide bonds. The highest BCUT2D eigenvalue weighted by molar-refractivity contribution is 6.20. The number of aliphatic hydroxyl groups is 3. The number of hydrogen-bond acceptors (Lipinski definition) is 6. The first-order valence-corrected chi connectivity index (χ1v) is 18.1. The van der Waals surface area contributed by atoms with Gasteiger partial charge in [0.15, 0.2) is 0 Å². The summed E-state index contributed by atoms with van der Waals surface area (Å²) in [6.07, 6.45) is 20.6. The molecule has 1 aromatic carbocycles. The first-order valence-electron chi connectivity index (χ1n) is 17.7. The second kappa shape index (κ2) is 23.3. The van der Waals surface area contributed by atoms with Crippen LogP contribution in [0.15, 0.2) is 12.1 Å². The van der Waals surface area contributed by atoms with E-state index in [2.05, 4.69) is 13.8 Å². The fourth-order valence-electron chi connectivity index (χ4n) is 5.97. The SMILES string of the molecule is CCCCCCCCCCCCCc1cc(O)c(CCCCCC(Cl)CCCCCC)c(OC2OCC(O)C(O)C2O)c1. The van der Waals surface area contributed by atoms with E-state index in [1.807, 2.05) is 12.1 Å². The van der Waals surface area contributed by atoms with Crippen LogP contribution in [0, 0.1) is 0 Å². The monoisotopic (exact) mass is 626 g/mol. The van der Waals surface area contributed by atoms with Crippen LogP contribution < -0.4 is 4.74 Å². The average Bonchev–Trinajstić information content (AvgIpc) is 2.99. The second-order valence-electron chi connectivity index (χ2n) is 12.8. The standard InChI is InChI=1S/C36H63ClO6/c1-3-5-7-9-10-11-12-13-14-15-17-21-28-25-31(38)30(24-20-16-19-23-29(37)22-18-8-6-4-2)33(26-28)43-36-35(41)34(40)32(39)27-42-36/h25-26,29,32,34-36,38-41H,3-24,27H2,1-2H3. The molecule has 43 heavy (non-hydrogen) atoms. The van der Waals surface area contributed by atoms with E-state index in [1.165, 1.54) is 83.5 Å². The van der Waals surface area contributed by atoms with Crippen molar-refractivity contribution in [3.63, 3.8) is 0 Å². The fourth-order valence-corrected chi connectivity index (χ4v) is 6.28. The maximum absolute atomic E-state index is 11.0. The molecule has 5 atom stereocenters. The molecule has 0 saturated carbocycles. The third-order valence-corrected chi connectivity index (χ3v) is 9.26. The molecule has 0 radical (unpaired) electrons. The molecule has 1 aliphatic heterocycles. The van der Waals surface area contributed by atoms with E-state index < -0.39 is 24.6 Å². The summed E-state index contributed by atoms with van der Waals surface area (Å²) in [6, 6.07) is 3.80. The zero-order chi connectivity index (χ0) is 31.3. The molecular weight excluding hydrogens is 564 g/mol. The van der Waals surface area contributed by atoms with Crippen LogP contribution in [0.3, 0.4) is 0 Å². The van der Waals surface area contributed by atoms with Gasteiger partial charge in [0, 0.05) is 10.9 Å². The van der Waals surface area contributed by atoms with Crippen LogP contribution in [-0.2, 0) is 17.6 Å². The molecular formula is C36H63ClO6. The van der Waals surface area contributed by atoms with Crippen LogP contribution in [0.4, 0.5) is 0 Å². The zero-order valence-corrected chi connectivity index (χ0v) is 28.0. The summed E-state index contributed by atoms with van der Waals surface area (Å²) in [5.74, 6) is 0.685. The highest BCUT2D eigenvalue weighted by atomic mass is 35.5. The van der Waals surface area contributed by atoms with Crippen molar-refractivity contribution in [2.75, 3.05) is 6.61 Å². The van der Waals surface area contributed by atoms with Crippen LogP contribution in [-0.4, -0.2) is 57.0 Å². The minimum Gasteiger partial charge on any atom is -0.508 e. The highest BCUT2D eigenvalue weighted by Gasteiger charge is 2.39. The molecule has 0 bridgehead atoms. The number of aromatic hydroxyl groups is 1. The van der Waals surface area contributed by atoms with E-state index in [9.17, 15) is 20.4 Å². The number of alkyl halides is 1. The summed E-state index contributed by atoms with van der Waals surface area (Å²) in [7, 11) is 0. The number of hydrogen-bond donors (Lipinski definition) is 4.